The number of phenols is 2. The smallest absolute Gasteiger partial charge is 0.168 e. The summed E-state index contributed by atoms with van der Waals surface area (Å²) in [5.74, 6) is -1.37. The monoisotopic (exact) mass is 341 g/mol. The van der Waals surface area contributed by atoms with Crippen molar-refractivity contribution in [3.8, 4) is 11.5 Å². The molecule has 0 unspecified atom stereocenters. The van der Waals surface area contributed by atoms with E-state index in [9.17, 15) is 19.4 Å². The number of phenolic OH excluding ortho intramolecular Hbond substituents is 2. The van der Waals surface area contributed by atoms with E-state index < -0.39 is 17.3 Å². The summed E-state index contributed by atoms with van der Waals surface area (Å²) in [4.78, 5) is 11.5. The molecule has 7 heteroatoms. The third-order valence-corrected chi connectivity index (χ3v) is 3.83. The normalized spacial score (nSPS) is 10.7. The molecule has 0 aliphatic heterocycles. The van der Waals surface area contributed by atoms with Crippen molar-refractivity contribution in [2.24, 2.45) is 0 Å². The van der Waals surface area contributed by atoms with Gasteiger partial charge in [0.15, 0.2) is 17.8 Å². The molecule has 0 atom stereocenters. The SMILES string of the molecule is O=Cc1c(O)c(O)cc(S)c1CNCc1ccc(F)c(Cl)c1. The Morgan fingerprint density at radius 2 is 2.00 bits per heavy atom. The van der Waals surface area contributed by atoms with Gasteiger partial charge < -0.3 is 15.5 Å². The molecule has 0 aliphatic rings. The van der Waals surface area contributed by atoms with Gasteiger partial charge >= 0.3 is 0 Å². The first-order valence-corrected chi connectivity index (χ1v) is 7.13. The summed E-state index contributed by atoms with van der Waals surface area (Å²) in [5.41, 5.74) is 1.21. The number of thiol groups is 1. The van der Waals surface area contributed by atoms with E-state index in [1.54, 1.807) is 6.07 Å². The summed E-state index contributed by atoms with van der Waals surface area (Å²) in [6.45, 7) is 0.614. The Balaban J connectivity index is 2.13. The van der Waals surface area contributed by atoms with Crippen molar-refractivity contribution in [1.29, 1.82) is 0 Å². The van der Waals surface area contributed by atoms with Crippen molar-refractivity contribution in [2.75, 3.05) is 0 Å². The number of aromatic hydroxyl groups is 2. The van der Waals surface area contributed by atoms with Crippen LogP contribution in [0.2, 0.25) is 5.02 Å². The van der Waals surface area contributed by atoms with Gasteiger partial charge in [-0.15, -0.1) is 12.6 Å². The molecule has 0 saturated heterocycles. The summed E-state index contributed by atoms with van der Waals surface area (Å²) in [6.07, 6.45) is 0.459. The van der Waals surface area contributed by atoms with Gasteiger partial charge in [0.2, 0.25) is 0 Å². The molecular formula is C15H13ClFNO3S. The van der Waals surface area contributed by atoms with Crippen molar-refractivity contribution < 1.29 is 19.4 Å². The molecule has 0 aromatic heterocycles. The molecule has 3 N–H and O–H groups in total. The largest absolute Gasteiger partial charge is 0.504 e. The summed E-state index contributed by atoms with van der Waals surface area (Å²) in [6, 6.07) is 5.62. The molecule has 0 spiro atoms. The lowest BCUT2D eigenvalue weighted by Crippen LogP contribution is -2.14. The number of halogens is 2. The number of carbonyl (C=O) groups is 1. The first kappa shape index (κ1) is 16.6. The zero-order chi connectivity index (χ0) is 16.3. The third kappa shape index (κ3) is 3.52. The second-order valence-electron chi connectivity index (χ2n) is 4.63. The molecular weight excluding hydrogens is 329 g/mol. The molecule has 4 nitrogen and oxygen atoms in total. The average Bonchev–Trinajstić information content (AvgIpc) is 2.48. The summed E-state index contributed by atoms with van der Waals surface area (Å²) < 4.78 is 13.1. The maximum Gasteiger partial charge on any atom is 0.168 e. The van der Waals surface area contributed by atoms with Gasteiger partial charge in [0, 0.05) is 18.0 Å². The van der Waals surface area contributed by atoms with Crippen LogP contribution < -0.4 is 5.32 Å². The maximum atomic E-state index is 13.1. The minimum Gasteiger partial charge on any atom is -0.504 e. The predicted molar refractivity (Wildman–Crippen MR) is 84.4 cm³/mol. The minimum atomic E-state index is -0.491. The number of benzene rings is 2. The highest BCUT2D eigenvalue weighted by Gasteiger charge is 2.15. The standard InChI is InChI=1S/C15H13ClFNO3S/c16-11-3-8(1-2-12(11)17)5-18-6-9-10(7-19)15(21)13(20)4-14(9)22/h1-4,7,18,20-22H,5-6H2. The number of hydrogen-bond acceptors (Lipinski definition) is 5. The summed E-state index contributed by atoms with van der Waals surface area (Å²) >= 11 is 9.89. The second kappa shape index (κ2) is 7.00. The van der Waals surface area contributed by atoms with Crippen LogP contribution in [0.4, 0.5) is 4.39 Å². The van der Waals surface area contributed by atoms with Crippen LogP contribution in [0.5, 0.6) is 11.5 Å². The van der Waals surface area contributed by atoms with Crippen molar-refractivity contribution in [3.05, 3.63) is 51.8 Å². The van der Waals surface area contributed by atoms with Crippen LogP contribution >= 0.6 is 24.2 Å². The van der Waals surface area contributed by atoms with E-state index in [4.69, 9.17) is 11.6 Å². The fraction of sp³-hybridized carbons (Fsp3) is 0.133. The zero-order valence-corrected chi connectivity index (χ0v) is 13.0. The molecule has 0 bridgehead atoms. The first-order chi connectivity index (χ1) is 10.4. The first-order valence-electron chi connectivity index (χ1n) is 6.30. The van der Waals surface area contributed by atoms with E-state index in [2.05, 4.69) is 17.9 Å². The van der Waals surface area contributed by atoms with E-state index in [0.717, 1.165) is 5.56 Å². The van der Waals surface area contributed by atoms with Crippen molar-refractivity contribution in [2.45, 2.75) is 18.0 Å². The molecule has 0 radical (unpaired) electrons. The van der Waals surface area contributed by atoms with E-state index >= 15 is 0 Å². The van der Waals surface area contributed by atoms with Crippen LogP contribution in [0.3, 0.4) is 0 Å². The molecule has 116 valence electrons. The predicted octanol–water partition coefficient (Wildman–Crippen LogP) is 3.28. The number of rotatable bonds is 5. The highest BCUT2D eigenvalue weighted by molar-refractivity contribution is 7.80. The van der Waals surface area contributed by atoms with E-state index in [-0.39, 0.29) is 17.1 Å². The molecule has 0 aliphatic carbocycles. The van der Waals surface area contributed by atoms with Crippen molar-refractivity contribution in [1.82, 2.24) is 5.32 Å². The second-order valence-corrected chi connectivity index (χ2v) is 5.51. The van der Waals surface area contributed by atoms with E-state index in [0.29, 0.717) is 23.3 Å². The Morgan fingerprint density at radius 3 is 2.64 bits per heavy atom. The van der Waals surface area contributed by atoms with Gasteiger partial charge in [0.25, 0.3) is 0 Å². The molecule has 0 saturated carbocycles. The molecule has 0 heterocycles. The highest BCUT2D eigenvalue weighted by atomic mass is 35.5. The lowest BCUT2D eigenvalue weighted by atomic mass is 10.1. The molecule has 2 aromatic rings. The fourth-order valence-electron chi connectivity index (χ4n) is 2.00. The van der Waals surface area contributed by atoms with Crippen LogP contribution in [0.15, 0.2) is 29.2 Å². The Morgan fingerprint density at radius 1 is 1.27 bits per heavy atom. The molecule has 22 heavy (non-hydrogen) atoms. The van der Waals surface area contributed by atoms with Gasteiger partial charge in [-0.05, 0) is 29.3 Å². The fourth-order valence-corrected chi connectivity index (χ4v) is 2.52. The van der Waals surface area contributed by atoms with Crippen LogP contribution in [-0.4, -0.2) is 16.5 Å². The van der Waals surface area contributed by atoms with Crippen molar-refractivity contribution in [3.63, 3.8) is 0 Å². The molecule has 0 fully saturated rings. The summed E-state index contributed by atoms with van der Waals surface area (Å²) in [7, 11) is 0. The third-order valence-electron chi connectivity index (χ3n) is 3.14. The van der Waals surface area contributed by atoms with Gasteiger partial charge in [-0.2, -0.15) is 0 Å². The lowest BCUT2D eigenvalue weighted by Gasteiger charge is -2.12. The van der Waals surface area contributed by atoms with E-state index in [1.807, 2.05) is 0 Å². The van der Waals surface area contributed by atoms with Gasteiger partial charge in [0.05, 0.1) is 10.6 Å². The topological polar surface area (TPSA) is 69.6 Å². The molecule has 0 amide bonds. The molecule has 2 aromatic carbocycles. The van der Waals surface area contributed by atoms with Crippen LogP contribution in [0.25, 0.3) is 0 Å². The quantitative estimate of drug-likeness (QED) is 0.383. The van der Waals surface area contributed by atoms with Gasteiger partial charge in [-0.3, -0.25) is 4.79 Å². The van der Waals surface area contributed by atoms with E-state index in [1.165, 1.54) is 18.2 Å². The highest BCUT2D eigenvalue weighted by Crippen LogP contribution is 2.34. The summed E-state index contributed by atoms with van der Waals surface area (Å²) in [5, 5.41) is 22.2. The van der Waals surface area contributed by atoms with Crippen LogP contribution in [0, 0.1) is 5.82 Å². The Hall–Kier alpha value is -1.76. The average molecular weight is 342 g/mol. The zero-order valence-electron chi connectivity index (χ0n) is 11.3. The van der Waals surface area contributed by atoms with Crippen molar-refractivity contribution >= 4 is 30.5 Å². The molecule has 2 rings (SSSR count). The van der Waals surface area contributed by atoms with Gasteiger partial charge in [-0.1, -0.05) is 17.7 Å². The number of hydrogen-bond donors (Lipinski definition) is 4. The Kier molecular flexibility index (Phi) is 5.28. The van der Waals surface area contributed by atoms with Gasteiger partial charge in [0.1, 0.15) is 5.82 Å². The number of aldehydes is 1. The Labute approximate surface area is 137 Å². The maximum absolute atomic E-state index is 13.1. The van der Waals surface area contributed by atoms with Crippen LogP contribution in [0.1, 0.15) is 21.5 Å². The van der Waals surface area contributed by atoms with Gasteiger partial charge in [-0.25, -0.2) is 4.39 Å². The lowest BCUT2D eigenvalue weighted by molar-refractivity contribution is 0.111. The Bertz CT molecular complexity index is 724. The minimum absolute atomic E-state index is 0.0189. The number of carbonyl (C=O) groups excluding carboxylic acids is 1. The number of nitrogens with one attached hydrogen (secondary N) is 1. The van der Waals surface area contributed by atoms with Crippen LogP contribution in [-0.2, 0) is 13.1 Å².